The van der Waals surface area contributed by atoms with Gasteiger partial charge in [0.15, 0.2) is 5.16 Å². The van der Waals surface area contributed by atoms with Crippen LogP contribution < -0.4 is 0 Å². The Morgan fingerprint density at radius 1 is 1.38 bits per heavy atom. The van der Waals surface area contributed by atoms with Gasteiger partial charge in [-0.2, -0.15) is 0 Å². The summed E-state index contributed by atoms with van der Waals surface area (Å²) in [6.45, 7) is 4.87. The summed E-state index contributed by atoms with van der Waals surface area (Å²) in [5.41, 5.74) is 2.39. The number of ether oxygens (including phenoxy) is 1. The van der Waals surface area contributed by atoms with Crippen molar-refractivity contribution in [3.8, 4) is 5.69 Å². The number of esters is 1. The largest absolute Gasteiger partial charge is 0.465 e. The normalized spacial score (nSPS) is 18.2. The van der Waals surface area contributed by atoms with E-state index in [0.717, 1.165) is 17.3 Å². The maximum Gasteiger partial charge on any atom is 0.319 e. The SMILES string of the molecule is CC(C)c1ccccc1-n1ccnc1SC1CCOC1=O. The molecule has 5 heteroatoms. The summed E-state index contributed by atoms with van der Waals surface area (Å²) >= 11 is 1.49. The summed E-state index contributed by atoms with van der Waals surface area (Å²) < 4.78 is 7.09. The minimum Gasteiger partial charge on any atom is -0.465 e. The lowest BCUT2D eigenvalue weighted by molar-refractivity contribution is -0.137. The summed E-state index contributed by atoms with van der Waals surface area (Å²) in [6, 6.07) is 8.31. The molecule has 1 atom stereocenters. The number of thioether (sulfide) groups is 1. The van der Waals surface area contributed by atoms with Gasteiger partial charge in [-0.25, -0.2) is 4.98 Å². The maximum atomic E-state index is 11.6. The average molecular weight is 302 g/mol. The third-order valence-corrected chi connectivity index (χ3v) is 4.79. The highest BCUT2D eigenvalue weighted by molar-refractivity contribution is 8.00. The maximum absolute atomic E-state index is 11.6. The van der Waals surface area contributed by atoms with Gasteiger partial charge >= 0.3 is 5.97 Å². The third-order valence-electron chi connectivity index (χ3n) is 3.56. The number of hydrogen-bond donors (Lipinski definition) is 0. The number of benzene rings is 1. The molecule has 1 aliphatic heterocycles. The molecular weight excluding hydrogens is 284 g/mol. The van der Waals surface area contributed by atoms with Crippen LogP contribution in [0.15, 0.2) is 41.8 Å². The smallest absolute Gasteiger partial charge is 0.319 e. The number of para-hydroxylation sites is 1. The molecule has 0 spiro atoms. The fourth-order valence-corrected chi connectivity index (χ4v) is 3.49. The average Bonchev–Trinajstić information content (AvgIpc) is 3.09. The van der Waals surface area contributed by atoms with Crippen molar-refractivity contribution in [2.75, 3.05) is 6.61 Å². The second kappa shape index (κ2) is 5.93. The fourth-order valence-electron chi connectivity index (χ4n) is 2.47. The Morgan fingerprint density at radius 3 is 2.90 bits per heavy atom. The van der Waals surface area contributed by atoms with E-state index in [2.05, 4.69) is 41.6 Å². The predicted molar refractivity (Wildman–Crippen MR) is 82.9 cm³/mol. The van der Waals surface area contributed by atoms with Gasteiger partial charge in [0.05, 0.1) is 12.3 Å². The van der Waals surface area contributed by atoms with Crippen LogP contribution in [0, 0.1) is 0 Å². The van der Waals surface area contributed by atoms with Crippen LogP contribution in [0.2, 0.25) is 0 Å². The molecule has 0 amide bonds. The van der Waals surface area contributed by atoms with Crippen LogP contribution in [0.25, 0.3) is 5.69 Å². The number of carbonyl (C=O) groups excluding carboxylic acids is 1. The number of imidazole rings is 1. The lowest BCUT2D eigenvalue weighted by Gasteiger charge is -2.15. The van der Waals surface area contributed by atoms with Crippen molar-refractivity contribution < 1.29 is 9.53 Å². The van der Waals surface area contributed by atoms with Crippen molar-refractivity contribution in [3.05, 3.63) is 42.2 Å². The van der Waals surface area contributed by atoms with Crippen LogP contribution in [0.5, 0.6) is 0 Å². The summed E-state index contributed by atoms with van der Waals surface area (Å²) in [5.74, 6) is 0.296. The van der Waals surface area contributed by atoms with Crippen molar-refractivity contribution in [2.24, 2.45) is 0 Å². The molecule has 1 aromatic heterocycles. The Balaban J connectivity index is 1.94. The van der Waals surface area contributed by atoms with E-state index in [0.29, 0.717) is 12.5 Å². The highest BCUT2D eigenvalue weighted by Gasteiger charge is 2.29. The molecule has 0 aliphatic carbocycles. The number of nitrogens with zero attached hydrogens (tertiary/aromatic N) is 2. The number of cyclic esters (lactones) is 1. The quantitative estimate of drug-likeness (QED) is 0.812. The molecule has 0 radical (unpaired) electrons. The molecule has 1 fully saturated rings. The van der Waals surface area contributed by atoms with E-state index < -0.39 is 0 Å². The number of rotatable bonds is 4. The molecule has 110 valence electrons. The Hall–Kier alpha value is -1.75. The van der Waals surface area contributed by atoms with Gasteiger partial charge in [-0.05, 0) is 17.5 Å². The summed E-state index contributed by atoms with van der Waals surface area (Å²) in [5, 5.41) is 0.698. The zero-order valence-electron chi connectivity index (χ0n) is 12.2. The van der Waals surface area contributed by atoms with Gasteiger partial charge in [-0.1, -0.05) is 43.8 Å². The topological polar surface area (TPSA) is 44.1 Å². The van der Waals surface area contributed by atoms with E-state index in [1.54, 1.807) is 6.20 Å². The van der Waals surface area contributed by atoms with Crippen LogP contribution in [0.1, 0.15) is 31.7 Å². The Kier molecular flexibility index (Phi) is 4.01. The summed E-state index contributed by atoms with van der Waals surface area (Å²) in [4.78, 5) is 16.1. The molecule has 2 heterocycles. The minimum absolute atomic E-state index is 0.133. The molecule has 1 aromatic carbocycles. The molecule has 21 heavy (non-hydrogen) atoms. The van der Waals surface area contributed by atoms with E-state index in [1.165, 1.54) is 17.3 Å². The summed E-state index contributed by atoms with van der Waals surface area (Å²) in [7, 11) is 0. The third kappa shape index (κ3) is 2.83. The van der Waals surface area contributed by atoms with Gasteiger partial charge in [0.1, 0.15) is 5.25 Å². The van der Waals surface area contributed by atoms with Crippen molar-refractivity contribution in [3.63, 3.8) is 0 Å². The first kappa shape index (κ1) is 14.2. The molecule has 3 rings (SSSR count). The molecule has 0 N–H and O–H groups in total. The molecule has 1 aliphatic rings. The zero-order valence-corrected chi connectivity index (χ0v) is 13.0. The van der Waals surface area contributed by atoms with E-state index in [-0.39, 0.29) is 11.2 Å². The molecule has 0 bridgehead atoms. The van der Waals surface area contributed by atoms with Crippen LogP contribution in [0.4, 0.5) is 0 Å². The first-order chi connectivity index (χ1) is 10.2. The first-order valence-electron chi connectivity index (χ1n) is 7.12. The molecule has 1 unspecified atom stereocenters. The van der Waals surface area contributed by atoms with Gasteiger partial charge in [0.2, 0.25) is 0 Å². The zero-order chi connectivity index (χ0) is 14.8. The van der Waals surface area contributed by atoms with Gasteiger partial charge in [0, 0.05) is 18.8 Å². The van der Waals surface area contributed by atoms with Gasteiger partial charge in [-0.3, -0.25) is 9.36 Å². The second-order valence-corrected chi connectivity index (χ2v) is 6.53. The fraction of sp³-hybridized carbons (Fsp3) is 0.375. The van der Waals surface area contributed by atoms with E-state index in [9.17, 15) is 4.79 Å². The van der Waals surface area contributed by atoms with E-state index >= 15 is 0 Å². The van der Waals surface area contributed by atoms with Crippen LogP contribution >= 0.6 is 11.8 Å². The van der Waals surface area contributed by atoms with E-state index in [1.807, 2.05) is 12.3 Å². The van der Waals surface area contributed by atoms with Crippen LogP contribution in [-0.2, 0) is 9.53 Å². The van der Waals surface area contributed by atoms with Gasteiger partial charge in [0.25, 0.3) is 0 Å². The van der Waals surface area contributed by atoms with E-state index in [4.69, 9.17) is 4.74 Å². The summed E-state index contributed by atoms with van der Waals surface area (Å²) in [6.07, 6.45) is 4.48. The Labute approximate surface area is 128 Å². The highest BCUT2D eigenvalue weighted by Crippen LogP contribution is 2.32. The first-order valence-corrected chi connectivity index (χ1v) is 8.00. The molecular formula is C16H18N2O2S. The molecule has 0 saturated carbocycles. The monoisotopic (exact) mass is 302 g/mol. The van der Waals surface area contributed by atoms with Crippen molar-refractivity contribution in [1.29, 1.82) is 0 Å². The Morgan fingerprint density at radius 2 is 2.19 bits per heavy atom. The highest BCUT2D eigenvalue weighted by atomic mass is 32.2. The lowest BCUT2D eigenvalue weighted by atomic mass is 10.0. The standard InChI is InChI=1S/C16H18N2O2S/c1-11(2)12-5-3-4-6-13(12)18-9-8-17-16(18)21-14-7-10-20-15(14)19/h3-6,8-9,11,14H,7,10H2,1-2H3. The molecule has 4 nitrogen and oxygen atoms in total. The van der Waals surface area contributed by atoms with Crippen molar-refractivity contribution >= 4 is 17.7 Å². The van der Waals surface area contributed by atoms with Crippen molar-refractivity contribution in [2.45, 2.75) is 36.6 Å². The molecule has 2 aromatic rings. The minimum atomic E-state index is -0.141. The van der Waals surface area contributed by atoms with Gasteiger partial charge < -0.3 is 4.74 Å². The van der Waals surface area contributed by atoms with Crippen LogP contribution in [0.3, 0.4) is 0 Å². The Bertz CT molecular complexity index is 651. The van der Waals surface area contributed by atoms with Gasteiger partial charge in [-0.15, -0.1) is 0 Å². The number of carbonyl (C=O) groups is 1. The van der Waals surface area contributed by atoms with Crippen molar-refractivity contribution in [1.82, 2.24) is 9.55 Å². The number of aromatic nitrogens is 2. The molecule has 1 saturated heterocycles. The number of hydrogen-bond acceptors (Lipinski definition) is 4. The lowest BCUT2D eigenvalue weighted by Crippen LogP contribution is -2.11. The van der Waals surface area contributed by atoms with Crippen LogP contribution in [-0.4, -0.2) is 27.4 Å². The predicted octanol–water partition coefficient (Wildman–Crippen LogP) is 3.40. The second-order valence-electron chi connectivity index (χ2n) is 5.36.